The standard InChI is InChI=1S/C18H37N3/c1-16(2)8-9-17(3)19-10-11-20-12-14-21(15-13-20)18-6-4-5-7-18/h16-19H,4-15H2,1-3H3. The molecule has 3 nitrogen and oxygen atoms in total. The molecule has 0 radical (unpaired) electrons. The summed E-state index contributed by atoms with van der Waals surface area (Å²) in [6.45, 7) is 14.5. The molecule has 1 unspecified atom stereocenters. The van der Waals surface area contributed by atoms with Gasteiger partial charge in [-0.15, -0.1) is 0 Å². The van der Waals surface area contributed by atoms with E-state index < -0.39 is 0 Å². The van der Waals surface area contributed by atoms with Gasteiger partial charge in [0.25, 0.3) is 0 Å². The van der Waals surface area contributed by atoms with Crippen LogP contribution in [0, 0.1) is 5.92 Å². The van der Waals surface area contributed by atoms with Crippen LogP contribution in [0.3, 0.4) is 0 Å². The van der Waals surface area contributed by atoms with Gasteiger partial charge in [-0.3, -0.25) is 9.80 Å². The van der Waals surface area contributed by atoms with Crippen molar-refractivity contribution in [2.45, 2.75) is 71.4 Å². The van der Waals surface area contributed by atoms with Crippen LogP contribution in [-0.2, 0) is 0 Å². The quantitative estimate of drug-likeness (QED) is 0.743. The number of piperazine rings is 1. The Morgan fingerprint density at radius 2 is 1.62 bits per heavy atom. The molecule has 1 aliphatic carbocycles. The highest BCUT2D eigenvalue weighted by Crippen LogP contribution is 2.24. The fraction of sp³-hybridized carbons (Fsp3) is 1.00. The predicted octanol–water partition coefficient (Wildman–Crippen LogP) is 2.96. The van der Waals surface area contributed by atoms with Gasteiger partial charge in [0.1, 0.15) is 0 Å². The van der Waals surface area contributed by atoms with Gasteiger partial charge in [-0.1, -0.05) is 26.7 Å². The molecular formula is C18H37N3. The van der Waals surface area contributed by atoms with Gasteiger partial charge >= 0.3 is 0 Å². The molecule has 1 aliphatic heterocycles. The molecule has 0 aromatic heterocycles. The van der Waals surface area contributed by atoms with Crippen molar-refractivity contribution >= 4 is 0 Å². The van der Waals surface area contributed by atoms with Gasteiger partial charge in [0.15, 0.2) is 0 Å². The van der Waals surface area contributed by atoms with Crippen LogP contribution in [-0.4, -0.2) is 61.2 Å². The minimum Gasteiger partial charge on any atom is -0.313 e. The molecule has 1 heterocycles. The molecule has 21 heavy (non-hydrogen) atoms. The van der Waals surface area contributed by atoms with E-state index in [0.29, 0.717) is 6.04 Å². The molecule has 0 aromatic carbocycles. The van der Waals surface area contributed by atoms with Crippen molar-refractivity contribution in [2.75, 3.05) is 39.3 Å². The molecule has 0 bridgehead atoms. The number of nitrogens with one attached hydrogen (secondary N) is 1. The van der Waals surface area contributed by atoms with Crippen LogP contribution in [0.15, 0.2) is 0 Å². The maximum absolute atomic E-state index is 3.70. The summed E-state index contributed by atoms with van der Waals surface area (Å²) < 4.78 is 0. The Hall–Kier alpha value is -0.120. The van der Waals surface area contributed by atoms with Crippen LogP contribution in [0.5, 0.6) is 0 Å². The fourth-order valence-corrected chi connectivity index (χ4v) is 3.78. The third-order valence-electron chi connectivity index (χ3n) is 5.35. The lowest BCUT2D eigenvalue weighted by Crippen LogP contribution is -2.51. The molecule has 124 valence electrons. The molecule has 0 spiro atoms. The molecule has 1 atom stereocenters. The normalized spacial score (nSPS) is 24.0. The lowest BCUT2D eigenvalue weighted by molar-refractivity contribution is 0.0979. The number of hydrogen-bond acceptors (Lipinski definition) is 3. The monoisotopic (exact) mass is 295 g/mol. The van der Waals surface area contributed by atoms with Crippen molar-refractivity contribution in [2.24, 2.45) is 5.92 Å². The fourth-order valence-electron chi connectivity index (χ4n) is 3.78. The largest absolute Gasteiger partial charge is 0.313 e. The Kier molecular flexibility index (Phi) is 7.48. The van der Waals surface area contributed by atoms with Crippen molar-refractivity contribution < 1.29 is 0 Å². The van der Waals surface area contributed by atoms with Crippen molar-refractivity contribution in [3.8, 4) is 0 Å². The summed E-state index contributed by atoms with van der Waals surface area (Å²) in [7, 11) is 0. The van der Waals surface area contributed by atoms with E-state index in [-0.39, 0.29) is 0 Å². The summed E-state index contributed by atoms with van der Waals surface area (Å²) >= 11 is 0. The Morgan fingerprint density at radius 3 is 2.24 bits per heavy atom. The SMILES string of the molecule is CC(C)CCC(C)NCCN1CCN(C2CCCC2)CC1. The van der Waals surface area contributed by atoms with E-state index >= 15 is 0 Å². The molecule has 2 rings (SSSR count). The first-order valence-electron chi connectivity index (χ1n) is 9.35. The maximum Gasteiger partial charge on any atom is 0.0113 e. The topological polar surface area (TPSA) is 18.5 Å². The smallest absolute Gasteiger partial charge is 0.0113 e. The molecule has 1 N–H and O–H groups in total. The van der Waals surface area contributed by atoms with Crippen molar-refractivity contribution in [1.82, 2.24) is 15.1 Å². The third kappa shape index (κ3) is 6.25. The van der Waals surface area contributed by atoms with Gasteiger partial charge in [-0.25, -0.2) is 0 Å². The highest BCUT2D eigenvalue weighted by Gasteiger charge is 2.25. The van der Waals surface area contributed by atoms with Crippen LogP contribution in [0.4, 0.5) is 0 Å². The van der Waals surface area contributed by atoms with Crippen molar-refractivity contribution in [3.63, 3.8) is 0 Å². The lowest BCUT2D eigenvalue weighted by Gasteiger charge is -2.38. The average molecular weight is 296 g/mol. The number of hydrogen-bond donors (Lipinski definition) is 1. The zero-order valence-electron chi connectivity index (χ0n) is 14.6. The Bertz CT molecular complexity index is 266. The second-order valence-corrected chi connectivity index (χ2v) is 7.64. The predicted molar refractivity (Wildman–Crippen MR) is 91.8 cm³/mol. The molecule has 0 amide bonds. The van der Waals surface area contributed by atoms with E-state index in [0.717, 1.165) is 18.5 Å². The third-order valence-corrected chi connectivity index (χ3v) is 5.35. The van der Waals surface area contributed by atoms with Crippen molar-refractivity contribution in [3.05, 3.63) is 0 Å². The van der Waals surface area contributed by atoms with Crippen LogP contribution in [0.2, 0.25) is 0 Å². The average Bonchev–Trinajstić information content (AvgIpc) is 3.00. The van der Waals surface area contributed by atoms with Gasteiger partial charge in [0.05, 0.1) is 0 Å². The van der Waals surface area contributed by atoms with Crippen LogP contribution in [0.1, 0.15) is 59.3 Å². The van der Waals surface area contributed by atoms with E-state index in [1.165, 1.54) is 71.2 Å². The molecule has 3 heteroatoms. The van der Waals surface area contributed by atoms with Gasteiger partial charge in [0.2, 0.25) is 0 Å². The highest BCUT2D eigenvalue weighted by atomic mass is 15.3. The van der Waals surface area contributed by atoms with Crippen LogP contribution < -0.4 is 5.32 Å². The Morgan fingerprint density at radius 1 is 0.952 bits per heavy atom. The van der Waals surface area contributed by atoms with Gasteiger partial charge in [-0.05, 0) is 38.5 Å². The van der Waals surface area contributed by atoms with Crippen LogP contribution in [0.25, 0.3) is 0 Å². The molecule has 2 fully saturated rings. The summed E-state index contributed by atoms with van der Waals surface area (Å²) in [5, 5.41) is 3.70. The van der Waals surface area contributed by atoms with Gasteiger partial charge in [-0.2, -0.15) is 0 Å². The molecule has 2 aliphatic rings. The van der Waals surface area contributed by atoms with E-state index in [9.17, 15) is 0 Å². The summed E-state index contributed by atoms with van der Waals surface area (Å²) in [5.41, 5.74) is 0. The molecular weight excluding hydrogens is 258 g/mol. The number of rotatable bonds is 8. The van der Waals surface area contributed by atoms with E-state index in [1.807, 2.05) is 0 Å². The van der Waals surface area contributed by atoms with Gasteiger partial charge < -0.3 is 5.32 Å². The summed E-state index contributed by atoms with van der Waals surface area (Å²) in [6, 6.07) is 1.59. The number of nitrogens with zero attached hydrogens (tertiary/aromatic N) is 2. The van der Waals surface area contributed by atoms with Crippen LogP contribution >= 0.6 is 0 Å². The first-order valence-corrected chi connectivity index (χ1v) is 9.35. The lowest BCUT2D eigenvalue weighted by atomic mass is 10.0. The van der Waals surface area contributed by atoms with E-state index in [1.54, 1.807) is 0 Å². The minimum absolute atomic E-state index is 0.673. The summed E-state index contributed by atoms with van der Waals surface area (Å²) in [6.07, 6.45) is 8.48. The maximum atomic E-state index is 3.70. The van der Waals surface area contributed by atoms with E-state index in [4.69, 9.17) is 0 Å². The Labute approximate surface area is 132 Å². The summed E-state index contributed by atoms with van der Waals surface area (Å²) in [5.74, 6) is 0.831. The Balaban J connectivity index is 1.52. The zero-order chi connectivity index (χ0) is 15.1. The van der Waals surface area contributed by atoms with Gasteiger partial charge in [0, 0.05) is 51.4 Å². The van der Waals surface area contributed by atoms with Crippen molar-refractivity contribution in [1.29, 1.82) is 0 Å². The second-order valence-electron chi connectivity index (χ2n) is 7.64. The highest BCUT2D eigenvalue weighted by molar-refractivity contribution is 4.82. The zero-order valence-corrected chi connectivity index (χ0v) is 14.6. The molecule has 1 saturated heterocycles. The first kappa shape index (κ1) is 17.2. The summed E-state index contributed by atoms with van der Waals surface area (Å²) in [4.78, 5) is 5.40. The first-order chi connectivity index (χ1) is 10.1. The molecule has 0 aromatic rings. The molecule has 1 saturated carbocycles. The minimum atomic E-state index is 0.673. The second kappa shape index (κ2) is 9.12. The van der Waals surface area contributed by atoms with E-state index in [2.05, 4.69) is 35.9 Å².